The summed E-state index contributed by atoms with van der Waals surface area (Å²) in [6, 6.07) is 14.3. The topological polar surface area (TPSA) is 32.3 Å². The Labute approximate surface area is 159 Å². The first kappa shape index (κ1) is 17.2. The van der Waals surface area contributed by atoms with Crippen molar-refractivity contribution in [2.45, 2.75) is 38.3 Å². The van der Waals surface area contributed by atoms with Crippen molar-refractivity contribution in [2.75, 3.05) is 11.4 Å². The highest BCUT2D eigenvalue weighted by atomic mass is 35.5. The summed E-state index contributed by atoms with van der Waals surface area (Å²) in [5.41, 5.74) is 3.96. The van der Waals surface area contributed by atoms with Gasteiger partial charge in [0.15, 0.2) is 0 Å². The van der Waals surface area contributed by atoms with Crippen LogP contribution in [0.25, 0.3) is 6.08 Å². The minimum atomic E-state index is -0.571. The summed E-state index contributed by atoms with van der Waals surface area (Å²) in [7, 11) is 0. The van der Waals surface area contributed by atoms with Crippen molar-refractivity contribution in [3.63, 3.8) is 0 Å². The molecule has 2 aliphatic rings. The molecule has 4 heteroatoms. The molecule has 2 aromatic carbocycles. The smallest absolute Gasteiger partial charge is 0.223 e. The molecule has 1 N–H and O–H groups in total. The number of carbonyl (C=O) groups is 1. The summed E-state index contributed by atoms with van der Waals surface area (Å²) in [5.74, 6) is 0.0969. The Hall–Kier alpha value is -2.26. The van der Waals surface area contributed by atoms with Crippen LogP contribution in [-0.4, -0.2) is 18.1 Å². The van der Waals surface area contributed by atoms with Gasteiger partial charge in [-0.05, 0) is 42.3 Å². The van der Waals surface area contributed by atoms with E-state index < -0.39 is 5.66 Å². The summed E-state index contributed by atoms with van der Waals surface area (Å²) < 4.78 is 0. The second-order valence-corrected chi connectivity index (χ2v) is 8.18. The maximum Gasteiger partial charge on any atom is 0.223 e. The van der Waals surface area contributed by atoms with Crippen LogP contribution in [0.3, 0.4) is 0 Å². The molecule has 1 atom stereocenters. The average molecular weight is 367 g/mol. The Morgan fingerprint density at radius 3 is 2.62 bits per heavy atom. The predicted octanol–water partition coefficient (Wildman–Crippen LogP) is 4.68. The highest BCUT2D eigenvalue weighted by molar-refractivity contribution is 6.30. The van der Waals surface area contributed by atoms with Crippen LogP contribution >= 0.6 is 11.6 Å². The first-order valence-electron chi connectivity index (χ1n) is 8.98. The van der Waals surface area contributed by atoms with Crippen molar-refractivity contribution in [3.05, 3.63) is 70.3 Å². The second kappa shape index (κ2) is 5.88. The number of carbonyl (C=O) groups excluding carboxylic acids is 1. The Morgan fingerprint density at radius 1 is 1.15 bits per heavy atom. The predicted molar refractivity (Wildman–Crippen MR) is 108 cm³/mol. The normalized spacial score (nSPS) is 23.7. The molecule has 2 aliphatic heterocycles. The molecule has 0 bridgehead atoms. The molecule has 0 aliphatic carbocycles. The van der Waals surface area contributed by atoms with E-state index in [9.17, 15) is 4.79 Å². The minimum Gasteiger partial charge on any atom is -0.344 e. The van der Waals surface area contributed by atoms with E-state index in [1.54, 1.807) is 0 Å². The molecule has 3 nitrogen and oxygen atoms in total. The van der Waals surface area contributed by atoms with Crippen LogP contribution in [0.2, 0.25) is 5.02 Å². The number of hydrogen-bond acceptors (Lipinski definition) is 2. The number of nitrogens with one attached hydrogen (secondary N) is 1. The molecular formula is C22H23ClN2O. The average Bonchev–Trinajstić information content (AvgIpc) is 2.79. The summed E-state index contributed by atoms with van der Waals surface area (Å²) in [6.07, 6.45) is 4.73. The van der Waals surface area contributed by atoms with Crippen molar-refractivity contribution >= 4 is 29.3 Å². The van der Waals surface area contributed by atoms with Gasteiger partial charge in [0.2, 0.25) is 5.91 Å². The third-order valence-electron chi connectivity index (χ3n) is 5.77. The van der Waals surface area contributed by atoms with Crippen molar-refractivity contribution in [1.82, 2.24) is 5.32 Å². The van der Waals surface area contributed by atoms with E-state index >= 15 is 0 Å². The lowest BCUT2D eigenvalue weighted by molar-refractivity contribution is -0.124. The van der Waals surface area contributed by atoms with Gasteiger partial charge in [0, 0.05) is 29.1 Å². The number of amides is 1. The summed E-state index contributed by atoms with van der Waals surface area (Å²) in [4.78, 5) is 14.7. The lowest BCUT2D eigenvalue weighted by atomic mass is 9.74. The molecule has 134 valence electrons. The van der Waals surface area contributed by atoms with Crippen LogP contribution in [-0.2, 0) is 10.2 Å². The van der Waals surface area contributed by atoms with Crippen molar-refractivity contribution < 1.29 is 4.79 Å². The number of fused-ring (bicyclic) bond motifs is 3. The molecule has 1 amide bonds. The van der Waals surface area contributed by atoms with Gasteiger partial charge in [0.1, 0.15) is 5.66 Å². The second-order valence-electron chi connectivity index (χ2n) is 7.75. The number of aryl methyl sites for hydroxylation is 1. The highest BCUT2D eigenvalue weighted by Crippen LogP contribution is 2.52. The van der Waals surface area contributed by atoms with Crippen LogP contribution in [0.1, 0.15) is 37.0 Å². The van der Waals surface area contributed by atoms with Gasteiger partial charge < -0.3 is 10.2 Å². The largest absolute Gasteiger partial charge is 0.344 e. The third-order valence-corrected chi connectivity index (χ3v) is 6.03. The van der Waals surface area contributed by atoms with E-state index in [1.165, 1.54) is 16.8 Å². The van der Waals surface area contributed by atoms with Gasteiger partial charge in [-0.3, -0.25) is 4.79 Å². The van der Waals surface area contributed by atoms with Gasteiger partial charge >= 0.3 is 0 Å². The fourth-order valence-corrected chi connectivity index (χ4v) is 4.38. The minimum absolute atomic E-state index is 0.0969. The monoisotopic (exact) mass is 366 g/mol. The zero-order valence-corrected chi connectivity index (χ0v) is 16.1. The van der Waals surface area contributed by atoms with Gasteiger partial charge in [0.25, 0.3) is 0 Å². The number of rotatable bonds is 2. The molecule has 1 unspecified atom stereocenters. The summed E-state index contributed by atoms with van der Waals surface area (Å²) in [6.45, 7) is 7.25. The van der Waals surface area contributed by atoms with Gasteiger partial charge in [0.05, 0.1) is 0 Å². The molecule has 2 aromatic rings. The molecule has 26 heavy (non-hydrogen) atoms. The Balaban J connectivity index is 1.84. The van der Waals surface area contributed by atoms with Crippen molar-refractivity contribution in [2.24, 2.45) is 0 Å². The fourth-order valence-electron chi connectivity index (χ4n) is 4.26. The van der Waals surface area contributed by atoms with Gasteiger partial charge in [-0.1, -0.05) is 61.4 Å². The molecule has 1 saturated heterocycles. The number of hydrogen-bond donors (Lipinski definition) is 1. The number of benzene rings is 2. The number of anilines is 1. The Morgan fingerprint density at radius 2 is 1.88 bits per heavy atom. The van der Waals surface area contributed by atoms with E-state index in [4.69, 9.17) is 11.6 Å². The van der Waals surface area contributed by atoms with Crippen LogP contribution in [0, 0.1) is 6.92 Å². The molecule has 2 heterocycles. The molecule has 0 saturated carbocycles. The first-order chi connectivity index (χ1) is 12.3. The first-order valence-corrected chi connectivity index (χ1v) is 9.36. The van der Waals surface area contributed by atoms with Crippen LogP contribution in [0.4, 0.5) is 5.69 Å². The van der Waals surface area contributed by atoms with E-state index in [0.29, 0.717) is 6.42 Å². The summed E-state index contributed by atoms with van der Waals surface area (Å²) >= 11 is 6.00. The van der Waals surface area contributed by atoms with E-state index in [2.05, 4.69) is 61.3 Å². The highest BCUT2D eigenvalue weighted by Gasteiger charge is 2.57. The van der Waals surface area contributed by atoms with Gasteiger partial charge in [-0.25, -0.2) is 0 Å². The van der Waals surface area contributed by atoms with Crippen molar-refractivity contribution in [3.8, 4) is 0 Å². The fraction of sp³-hybridized carbons (Fsp3) is 0.318. The maximum atomic E-state index is 12.4. The van der Waals surface area contributed by atoms with Crippen LogP contribution in [0.5, 0.6) is 0 Å². The standard InChI is InChI=1S/C22H23ClN2O/c1-15-4-9-19-18(14-15)21(2,3)22(24-20(26)11-13-25(19)22)12-10-16-5-7-17(23)8-6-16/h4-10,12,14H,11,13H2,1-3H3,(H,24,26)/b12-10+. The zero-order valence-electron chi connectivity index (χ0n) is 15.3. The van der Waals surface area contributed by atoms with E-state index in [1.807, 2.05) is 24.3 Å². The molecule has 4 rings (SSSR count). The lowest BCUT2D eigenvalue weighted by Gasteiger charge is -2.49. The van der Waals surface area contributed by atoms with E-state index in [-0.39, 0.29) is 11.3 Å². The molecular weight excluding hydrogens is 344 g/mol. The lowest BCUT2D eigenvalue weighted by Crippen LogP contribution is -2.68. The SMILES string of the molecule is Cc1ccc2c(c1)C(C)(C)C1(/C=C/c3ccc(Cl)cc3)NC(=O)CCN21. The Kier molecular flexibility index (Phi) is 3.89. The number of halogens is 1. The molecule has 0 spiro atoms. The molecule has 1 fully saturated rings. The van der Waals surface area contributed by atoms with Crippen LogP contribution in [0.15, 0.2) is 48.5 Å². The maximum absolute atomic E-state index is 12.4. The quantitative estimate of drug-likeness (QED) is 0.837. The third kappa shape index (κ3) is 2.45. The molecule has 0 radical (unpaired) electrons. The Bertz CT molecular complexity index is 901. The molecule has 0 aromatic heterocycles. The van der Waals surface area contributed by atoms with Gasteiger partial charge in [-0.2, -0.15) is 0 Å². The van der Waals surface area contributed by atoms with E-state index in [0.717, 1.165) is 17.1 Å². The zero-order chi connectivity index (χ0) is 18.5. The summed E-state index contributed by atoms with van der Waals surface area (Å²) in [5, 5.41) is 4.02. The van der Waals surface area contributed by atoms with Gasteiger partial charge in [-0.15, -0.1) is 0 Å². The number of nitrogens with zero attached hydrogens (tertiary/aromatic N) is 1. The van der Waals surface area contributed by atoms with Crippen molar-refractivity contribution in [1.29, 1.82) is 0 Å². The van der Waals surface area contributed by atoms with Crippen LogP contribution < -0.4 is 10.2 Å².